The summed E-state index contributed by atoms with van der Waals surface area (Å²) in [7, 11) is -4.34. The summed E-state index contributed by atoms with van der Waals surface area (Å²) in [5.74, 6) is 0.565. The van der Waals surface area contributed by atoms with Gasteiger partial charge in [-0.3, -0.25) is 0 Å². The summed E-state index contributed by atoms with van der Waals surface area (Å²) in [4.78, 5) is 20.5. The number of hydrogen-bond acceptors (Lipinski definition) is 4. The molecule has 0 bridgehead atoms. The van der Waals surface area contributed by atoms with Crippen molar-refractivity contribution >= 4 is 19.4 Å². The van der Waals surface area contributed by atoms with E-state index in [0.29, 0.717) is 5.75 Å². The molecule has 5 heteroatoms. The Kier molecular flexibility index (Phi) is 4.00. The van der Waals surface area contributed by atoms with E-state index in [1.807, 2.05) is 30.3 Å². The molecule has 1 aromatic rings. The molecule has 13 heavy (non-hydrogen) atoms. The summed E-state index contributed by atoms with van der Waals surface area (Å²) in [5, 5.41) is 0. The van der Waals surface area contributed by atoms with Crippen LogP contribution >= 0.6 is 19.4 Å². The van der Waals surface area contributed by atoms with Crippen LogP contribution in [0.15, 0.2) is 30.3 Å². The molecule has 0 amide bonds. The molecule has 72 valence electrons. The Hall–Kier alpha value is -0.280. The van der Waals surface area contributed by atoms with Crippen molar-refractivity contribution in [1.82, 2.24) is 0 Å². The zero-order chi connectivity index (χ0) is 9.73. The molecule has 0 saturated heterocycles. The van der Waals surface area contributed by atoms with Crippen molar-refractivity contribution in [2.75, 3.05) is 5.49 Å². The van der Waals surface area contributed by atoms with Gasteiger partial charge in [0.2, 0.25) is 0 Å². The maximum Gasteiger partial charge on any atom is 0.0215 e. The van der Waals surface area contributed by atoms with Gasteiger partial charge in [0, 0.05) is 11.2 Å². The van der Waals surface area contributed by atoms with Gasteiger partial charge < -0.3 is 14.4 Å². The first-order chi connectivity index (χ1) is 6.08. The molecule has 0 unspecified atom stereocenters. The van der Waals surface area contributed by atoms with Gasteiger partial charge in [0.1, 0.15) is 0 Å². The van der Waals surface area contributed by atoms with E-state index < -0.39 is 7.60 Å². The predicted octanol–water partition coefficient (Wildman–Crippen LogP) is 0.791. The minimum atomic E-state index is -4.34. The second-order valence-corrected chi connectivity index (χ2v) is 5.53. The van der Waals surface area contributed by atoms with E-state index in [0.717, 1.165) is 17.3 Å². The SMILES string of the molecule is O=P([O-])([O-])CSCc1ccccc1. The maximum atomic E-state index is 10.3. The molecule has 0 aliphatic carbocycles. The number of rotatable bonds is 4. The van der Waals surface area contributed by atoms with Crippen molar-refractivity contribution in [2.45, 2.75) is 5.75 Å². The van der Waals surface area contributed by atoms with Gasteiger partial charge in [0.25, 0.3) is 0 Å². The summed E-state index contributed by atoms with van der Waals surface area (Å²) < 4.78 is 10.3. The smallest absolute Gasteiger partial charge is 0.0215 e. The van der Waals surface area contributed by atoms with Gasteiger partial charge in [-0.1, -0.05) is 37.9 Å². The molecule has 0 aromatic heterocycles. The fourth-order valence-corrected chi connectivity index (χ4v) is 2.54. The fraction of sp³-hybridized carbons (Fsp3) is 0.250. The van der Waals surface area contributed by atoms with E-state index in [-0.39, 0.29) is 5.49 Å². The molecule has 0 spiro atoms. The molecule has 0 heterocycles. The molecule has 0 aliphatic heterocycles. The second-order valence-electron chi connectivity index (χ2n) is 2.57. The number of hydrogen-bond donors (Lipinski definition) is 0. The minimum absolute atomic E-state index is 0.331. The molecule has 0 N–H and O–H groups in total. The highest BCUT2D eigenvalue weighted by atomic mass is 32.2. The summed E-state index contributed by atoms with van der Waals surface area (Å²) in [6, 6.07) is 9.44. The standard InChI is InChI=1S/C8H11O3PS/c9-12(10,11)7-13-6-8-4-2-1-3-5-8/h1-5H,6-7H2,(H2,9,10,11)/p-2. The molecule has 0 saturated carbocycles. The van der Waals surface area contributed by atoms with Gasteiger partial charge in [-0.25, -0.2) is 0 Å². The van der Waals surface area contributed by atoms with Crippen LogP contribution in [0.3, 0.4) is 0 Å². The van der Waals surface area contributed by atoms with Gasteiger partial charge in [-0.15, -0.1) is 0 Å². The zero-order valence-electron chi connectivity index (χ0n) is 6.88. The highest BCUT2D eigenvalue weighted by Gasteiger charge is 1.94. The quantitative estimate of drug-likeness (QED) is 0.698. The van der Waals surface area contributed by atoms with Crippen LogP contribution in [-0.4, -0.2) is 5.49 Å². The van der Waals surface area contributed by atoms with Crippen LogP contribution in [0.1, 0.15) is 5.56 Å². The van der Waals surface area contributed by atoms with E-state index in [4.69, 9.17) is 0 Å². The minimum Gasteiger partial charge on any atom is -0.810 e. The third-order valence-electron chi connectivity index (χ3n) is 1.36. The lowest BCUT2D eigenvalue weighted by Crippen LogP contribution is -2.15. The van der Waals surface area contributed by atoms with E-state index in [1.165, 1.54) is 0 Å². The number of benzene rings is 1. The van der Waals surface area contributed by atoms with Gasteiger partial charge >= 0.3 is 0 Å². The van der Waals surface area contributed by atoms with Crippen LogP contribution < -0.4 is 9.79 Å². The van der Waals surface area contributed by atoms with Gasteiger partial charge in [-0.05, 0) is 5.56 Å². The summed E-state index contributed by atoms with van der Waals surface area (Å²) >= 11 is 1.13. The first kappa shape index (κ1) is 10.8. The van der Waals surface area contributed by atoms with E-state index >= 15 is 0 Å². The van der Waals surface area contributed by atoms with Crippen molar-refractivity contribution in [3.63, 3.8) is 0 Å². The van der Waals surface area contributed by atoms with E-state index in [1.54, 1.807) is 0 Å². The first-order valence-corrected chi connectivity index (χ1v) is 6.59. The summed E-state index contributed by atoms with van der Waals surface area (Å²) in [6.45, 7) is 0. The van der Waals surface area contributed by atoms with Crippen LogP contribution in [0.5, 0.6) is 0 Å². The lowest BCUT2D eigenvalue weighted by molar-refractivity contribution is -0.311. The highest BCUT2D eigenvalue weighted by molar-refractivity contribution is 8.03. The maximum absolute atomic E-state index is 10.3. The molecule has 0 radical (unpaired) electrons. The Balaban J connectivity index is 2.33. The fourth-order valence-electron chi connectivity index (χ4n) is 0.850. The average molecular weight is 216 g/mol. The van der Waals surface area contributed by atoms with Crippen molar-refractivity contribution in [3.8, 4) is 0 Å². The molecule has 0 fully saturated rings. The first-order valence-electron chi connectivity index (χ1n) is 3.71. The molecular weight excluding hydrogens is 207 g/mol. The molecule has 0 atom stereocenters. The number of thioether (sulfide) groups is 1. The van der Waals surface area contributed by atoms with Gasteiger partial charge in [0.05, 0.1) is 0 Å². The second kappa shape index (κ2) is 4.82. The topological polar surface area (TPSA) is 63.2 Å². The van der Waals surface area contributed by atoms with Crippen molar-refractivity contribution in [2.24, 2.45) is 0 Å². The zero-order valence-corrected chi connectivity index (χ0v) is 8.59. The largest absolute Gasteiger partial charge is 0.810 e. The highest BCUT2D eigenvalue weighted by Crippen LogP contribution is 2.30. The van der Waals surface area contributed by atoms with Crippen molar-refractivity contribution in [1.29, 1.82) is 0 Å². The molecule has 3 nitrogen and oxygen atoms in total. The summed E-state index contributed by atoms with van der Waals surface area (Å²) in [6.07, 6.45) is 0. The third kappa shape index (κ3) is 5.11. The van der Waals surface area contributed by atoms with Gasteiger partial charge in [-0.2, -0.15) is 11.8 Å². The normalized spacial score (nSPS) is 11.5. The van der Waals surface area contributed by atoms with Gasteiger partial charge in [0.15, 0.2) is 0 Å². The molecular formula is C8H9O3PS-2. The molecule has 1 aromatic carbocycles. The van der Waals surface area contributed by atoms with Crippen molar-refractivity contribution in [3.05, 3.63) is 35.9 Å². The Morgan fingerprint density at radius 2 is 1.85 bits per heavy atom. The van der Waals surface area contributed by atoms with Crippen LogP contribution in [0, 0.1) is 0 Å². The Morgan fingerprint density at radius 3 is 2.38 bits per heavy atom. The lowest BCUT2D eigenvalue weighted by atomic mass is 10.2. The van der Waals surface area contributed by atoms with Crippen LogP contribution in [0.25, 0.3) is 0 Å². The third-order valence-corrected chi connectivity index (χ3v) is 3.89. The monoisotopic (exact) mass is 216 g/mol. The molecule has 0 aliphatic rings. The average Bonchev–Trinajstić information content (AvgIpc) is 2.04. The Morgan fingerprint density at radius 1 is 1.23 bits per heavy atom. The van der Waals surface area contributed by atoms with E-state index in [9.17, 15) is 14.4 Å². The van der Waals surface area contributed by atoms with Crippen LogP contribution in [-0.2, 0) is 10.3 Å². The van der Waals surface area contributed by atoms with Crippen LogP contribution in [0.4, 0.5) is 0 Å². The Labute approximate surface area is 81.3 Å². The van der Waals surface area contributed by atoms with E-state index in [2.05, 4.69) is 0 Å². The summed E-state index contributed by atoms with van der Waals surface area (Å²) in [5.41, 5.74) is 0.697. The lowest BCUT2D eigenvalue weighted by Gasteiger charge is -2.28. The Bertz CT molecular complexity index is 296. The predicted molar refractivity (Wildman–Crippen MR) is 50.2 cm³/mol. The molecule has 1 rings (SSSR count). The van der Waals surface area contributed by atoms with Crippen molar-refractivity contribution < 1.29 is 14.4 Å². The van der Waals surface area contributed by atoms with Crippen LogP contribution in [0.2, 0.25) is 0 Å².